The van der Waals surface area contributed by atoms with Crippen molar-refractivity contribution in [2.45, 2.75) is 140 Å². The van der Waals surface area contributed by atoms with E-state index in [2.05, 4.69) is 4.72 Å². The summed E-state index contributed by atoms with van der Waals surface area (Å²) in [6.45, 7) is 7.45. The number of nitrogens with two attached hydrogens (primary N) is 2. The molecule has 354 valence electrons. The topological polar surface area (TPSA) is 293 Å². The van der Waals surface area contributed by atoms with Crippen molar-refractivity contribution in [3.05, 3.63) is 71.8 Å². The molecule has 1 saturated heterocycles. The van der Waals surface area contributed by atoms with Crippen molar-refractivity contribution >= 4 is 45.8 Å². The Labute approximate surface area is 371 Å². The van der Waals surface area contributed by atoms with Crippen molar-refractivity contribution in [3.63, 3.8) is 0 Å². The van der Waals surface area contributed by atoms with Crippen molar-refractivity contribution in [1.29, 1.82) is 0 Å². The van der Waals surface area contributed by atoms with Gasteiger partial charge in [0.1, 0.15) is 36.6 Å². The third-order valence-corrected chi connectivity index (χ3v) is 10.8. The first kappa shape index (κ1) is 51.6. The maximum absolute atomic E-state index is 13.9. The summed E-state index contributed by atoms with van der Waals surface area (Å²) < 4.78 is 87.4. The predicted octanol–water partition coefficient (Wildman–Crippen LogP) is 1.04. The first-order chi connectivity index (χ1) is 30.1. The van der Waals surface area contributed by atoms with E-state index in [1.165, 1.54) is 38.3 Å². The zero-order valence-electron chi connectivity index (χ0n) is 36.7. The van der Waals surface area contributed by atoms with Crippen LogP contribution in [0.1, 0.15) is 75.1 Å². The molecule has 21 nitrogen and oxygen atoms in total. The van der Waals surface area contributed by atoms with E-state index in [4.69, 9.17) is 58.8 Å². The standard InChI is InChI=1S/C42H57N3O18S/c1-9-30(54-7)35(59-39(50)26-16-12-10-13-17-26)42(63-40(51)27-18-14-11-15-19-27)62-38-33(28(43)20-29(45-64(8,52)53)34(38)56-23(4)47)61-41-31(44)36(57-24(5)48)37(58-25(6)49)32(60-41)21(2)55-22(3)46/h10-19,21,28-38,41-42,45H,9,20,43-44H2,1-8H3/t21-,28?,29?,30?,31?,32?,33?,34?,35?,36?,37?,38?,41?,42?/m1/s1. The first-order valence-corrected chi connectivity index (χ1v) is 22.2. The Morgan fingerprint density at radius 3 is 1.73 bits per heavy atom. The van der Waals surface area contributed by atoms with Crippen LogP contribution in [0.15, 0.2) is 60.7 Å². The van der Waals surface area contributed by atoms with Gasteiger partial charge >= 0.3 is 35.8 Å². The number of carbonyl (C=O) groups excluding carboxylic acids is 6. The summed E-state index contributed by atoms with van der Waals surface area (Å²) in [5.41, 5.74) is 13.6. The van der Waals surface area contributed by atoms with Gasteiger partial charge in [-0.2, -0.15) is 0 Å². The lowest BCUT2D eigenvalue weighted by Gasteiger charge is -2.50. The number of methoxy groups -OCH3 is 1. The second-order valence-corrected chi connectivity index (χ2v) is 17.0. The SMILES string of the molecule is CCC(OC)C(OC(=O)c1ccccc1)C(OC(=O)c1ccccc1)OC1C(OC2OC([C@@H](C)OC(C)=O)C(OC(C)=O)C(OC(C)=O)C2N)C(N)CC(NS(C)(=O)=O)C1OC(C)=O. The molecular weight excluding hydrogens is 867 g/mol. The number of benzene rings is 2. The lowest BCUT2D eigenvalue weighted by atomic mass is 9.84. The number of esters is 6. The van der Waals surface area contributed by atoms with Gasteiger partial charge in [-0.25, -0.2) is 22.7 Å². The number of hydrogen-bond donors (Lipinski definition) is 3. The van der Waals surface area contributed by atoms with Gasteiger partial charge < -0.3 is 58.8 Å². The lowest BCUT2D eigenvalue weighted by Crippen LogP contribution is -2.70. The fraction of sp³-hybridized carbons (Fsp3) is 0.571. The molecule has 22 heteroatoms. The van der Waals surface area contributed by atoms with Crippen LogP contribution in [0.3, 0.4) is 0 Å². The minimum atomic E-state index is -4.07. The lowest BCUT2D eigenvalue weighted by molar-refractivity contribution is -0.319. The second-order valence-electron chi connectivity index (χ2n) is 15.2. The van der Waals surface area contributed by atoms with Crippen LogP contribution < -0.4 is 16.2 Å². The molecule has 5 N–H and O–H groups in total. The smallest absolute Gasteiger partial charge is 0.340 e. The molecule has 1 heterocycles. The van der Waals surface area contributed by atoms with Gasteiger partial charge in [-0.1, -0.05) is 43.3 Å². The summed E-state index contributed by atoms with van der Waals surface area (Å²) in [6, 6.07) is 11.5. The van der Waals surface area contributed by atoms with Crippen LogP contribution in [-0.2, 0) is 76.6 Å². The molecule has 0 bridgehead atoms. The summed E-state index contributed by atoms with van der Waals surface area (Å²) in [7, 11) is -2.75. The molecule has 2 aromatic carbocycles. The van der Waals surface area contributed by atoms with Gasteiger partial charge in [-0.3, -0.25) is 19.2 Å². The van der Waals surface area contributed by atoms with Gasteiger partial charge in [0.25, 0.3) is 0 Å². The molecule has 2 fully saturated rings. The number of ether oxygens (including phenoxy) is 10. The second kappa shape index (κ2) is 23.2. The Hall–Kier alpha value is -5.07. The van der Waals surface area contributed by atoms with Gasteiger partial charge in [0.15, 0.2) is 24.6 Å². The van der Waals surface area contributed by atoms with Crippen LogP contribution in [0, 0.1) is 0 Å². The van der Waals surface area contributed by atoms with Crippen LogP contribution in [-0.4, -0.2) is 143 Å². The van der Waals surface area contributed by atoms with Gasteiger partial charge in [-0.15, -0.1) is 0 Å². The molecule has 13 unspecified atom stereocenters. The summed E-state index contributed by atoms with van der Waals surface area (Å²) in [5.74, 6) is -5.17. The van der Waals surface area contributed by atoms with E-state index < -0.39 is 131 Å². The summed E-state index contributed by atoms with van der Waals surface area (Å²) in [6.07, 6.45) is -16.1. The molecule has 2 aromatic rings. The molecule has 4 rings (SSSR count). The minimum Gasteiger partial charge on any atom is -0.460 e. The molecule has 0 aromatic heterocycles. The average Bonchev–Trinajstić information content (AvgIpc) is 3.21. The number of rotatable bonds is 19. The summed E-state index contributed by atoms with van der Waals surface area (Å²) >= 11 is 0. The first-order valence-electron chi connectivity index (χ1n) is 20.3. The molecule has 1 aliphatic heterocycles. The van der Waals surface area contributed by atoms with Crippen LogP contribution in [0.5, 0.6) is 0 Å². The zero-order valence-corrected chi connectivity index (χ0v) is 37.5. The summed E-state index contributed by atoms with van der Waals surface area (Å²) in [4.78, 5) is 77.5. The van der Waals surface area contributed by atoms with Crippen molar-refractivity contribution in [3.8, 4) is 0 Å². The molecule has 1 saturated carbocycles. The van der Waals surface area contributed by atoms with Crippen LogP contribution in [0.25, 0.3) is 0 Å². The fourth-order valence-electron chi connectivity index (χ4n) is 7.50. The molecule has 0 radical (unpaired) electrons. The Morgan fingerprint density at radius 2 is 1.25 bits per heavy atom. The number of nitrogens with one attached hydrogen (secondary N) is 1. The molecule has 64 heavy (non-hydrogen) atoms. The van der Waals surface area contributed by atoms with Crippen molar-refractivity contribution in [2.24, 2.45) is 11.5 Å². The van der Waals surface area contributed by atoms with Crippen LogP contribution in [0.2, 0.25) is 0 Å². The number of carbonyl (C=O) groups is 6. The fourth-order valence-corrected chi connectivity index (χ4v) is 8.28. The Balaban J connectivity index is 1.92. The average molecular weight is 924 g/mol. The number of sulfonamides is 1. The van der Waals surface area contributed by atoms with E-state index in [0.29, 0.717) is 0 Å². The highest BCUT2D eigenvalue weighted by Gasteiger charge is 2.56. The van der Waals surface area contributed by atoms with Crippen molar-refractivity contribution in [1.82, 2.24) is 4.72 Å². The third kappa shape index (κ3) is 14.2. The molecule has 0 amide bonds. The largest absolute Gasteiger partial charge is 0.460 e. The van der Waals surface area contributed by atoms with Crippen LogP contribution in [0.4, 0.5) is 0 Å². The molecule has 14 atom stereocenters. The monoisotopic (exact) mass is 923 g/mol. The van der Waals surface area contributed by atoms with Gasteiger partial charge in [0, 0.05) is 40.8 Å². The van der Waals surface area contributed by atoms with E-state index in [1.807, 2.05) is 0 Å². The predicted molar refractivity (Wildman–Crippen MR) is 221 cm³/mol. The van der Waals surface area contributed by atoms with E-state index in [0.717, 1.165) is 34.0 Å². The van der Waals surface area contributed by atoms with E-state index in [1.54, 1.807) is 43.3 Å². The zero-order chi connectivity index (χ0) is 47.5. The van der Waals surface area contributed by atoms with Gasteiger partial charge in [-0.05, 0) is 44.0 Å². The van der Waals surface area contributed by atoms with E-state index in [9.17, 15) is 37.2 Å². The number of hydrogen-bond acceptors (Lipinski definition) is 20. The van der Waals surface area contributed by atoms with Crippen molar-refractivity contribution < 1.29 is 84.6 Å². The quantitative estimate of drug-likeness (QED) is 0.101. The highest BCUT2D eigenvalue weighted by molar-refractivity contribution is 7.88. The maximum atomic E-state index is 13.9. The highest BCUT2D eigenvalue weighted by atomic mass is 32.2. The molecule has 2 aliphatic rings. The van der Waals surface area contributed by atoms with Gasteiger partial charge in [0.05, 0.1) is 29.5 Å². The Bertz CT molecular complexity index is 2020. The molecule has 0 spiro atoms. The third-order valence-electron chi connectivity index (χ3n) is 10.1. The van der Waals surface area contributed by atoms with Crippen LogP contribution >= 0.6 is 0 Å². The van der Waals surface area contributed by atoms with E-state index >= 15 is 0 Å². The van der Waals surface area contributed by atoms with Gasteiger partial charge in [0.2, 0.25) is 16.3 Å². The summed E-state index contributed by atoms with van der Waals surface area (Å²) in [5, 5.41) is 0. The van der Waals surface area contributed by atoms with Crippen molar-refractivity contribution in [2.75, 3.05) is 13.4 Å². The highest BCUT2D eigenvalue weighted by Crippen LogP contribution is 2.35. The Morgan fingerprint density at radius 1 is 0.734 bits per heavy atom. The molecular formula is C42H57N3O18S. The van der Waals surface area contributed by atoms with E-state index in [-0.39, 0.29) is 24.0 Å². The molecule has 1 aliphatic carbocycles. The Kier molecular flexibility index (Phi) is 18.7. The minimum absolute atomic E-state index is 0.0457. The normalized spacial score (nSPS) is 27.7. The maximum Gasteiger partial charge on any atom is 0.340 e.